The van der Waals surface area contributed by atoms with Crippen LogP contribution in [0.1, 0.15) is 5.56 Å². The van der Waals surface area contributed by atoms with Gasteiger partial charge in [0, 0.05) is 38.9 Å². The zero-order valence-electron chi connectivity index (χ0n) is 15.2. The van der Waals surface area contributed by atoms with E-state index < -0.39 is 0 Å². The highest BCUT2D eigenvalue weighted by atomic mass is 16.2. The van der Waals surface area contributed by atoms with Gasteiger partial charge in [-0.15, -0.1) is 10.2 Å². The average molecular weight is 365 g/mol. The first-order valence-corrected chi connectivity index (χ1v) is 9.22. The van der Waals surface area contributed by atoms with Crippen molar-refractivity contribution in [2.45, 2.75) is 6.42 Å². The Kier molecular flexibility index (Phi) is 5.24. The lowest BCUT2D eigenvalue weighted by Crippen LogP contribution is -2.50. The van der Waals surface area contributed by atoms with Gasteiger partial charge in [0.1, 0.15) is 12.1 Å². The minimum atomic E-state index is 0.0875. The minimum absolute atomic E-state index is 0.0875. The molecule has 8 heteroatoms. The lowest BCUT2D eigenvalue weighted by molar-refractivity contribution is -0.122. The Morgan fingerprint density at radius 3 is 2.70 bits per heavy atom. The van der Waals surface area contributed by atoms with E-state index in [1.165, 1.54) is 5.56 Å². The van der Waals surface area contributed by atoms with Crippen LogP contribution in [0.15, 0.2) is 48.9 Å². The molecule has 3 heterocycles. The number of amides is 1. The van der Waals surface area contributed by atoms with E-state index in [4.69, 9.17) is 0 Å². The number of benzene rings is 1. The zero-order valence-corrected chi connectivity index (χ0v) is 15.2. The van der Waals surface area contributed by atoms with Gasteiger partial charge in [-0.05, 0) is 18.1 Å². The molecule has 0 saturated carbocycles. The number of aromatic nitrogens is 4. The Morgan fingerprint density at radius 1 is 1.07 bits per heavy atom. The van der Waals surface area contributed by atoms with Gasteiger partial charge >= 0.3 is 0 Å². The molecular formula is C19H23N7O. The topological polar surface area (TPSA) is 78.7 Å². The van der Waals surface area contributed by atoms with Gasteiger partial charge in [0.25, 0.3) is 5.78 Å². The fourth-order valence-electron chi connectivity index (χ4n) is 3.37. The lowest BCUT2D eigenvalue weighted by atomic mass is 10.1. The standard InChI is InChI=1S/C19H23N7O/c27-17(20-8-6-16-4-2-1-3-5-16)14-24-10-12-25(13-11-24)18-7-9-21-19-23-22-15-26(18)19/h1-5,7,9,15H,6,8,10-14H2,(H,20,27). The van der Waals surface area contributed by atoms with Gasteiger partial charge in [0.15, 0.2) is 0 Å². The highest BCUT2D eigenvalue weighted by Gasteiger charge is 2.20. The summed E-state index contributed by atoms with van der Waals surface area (Å²) in [6.45, 7) is 4.52. The second-order valence-corrected chi connectivity index (χ2v) is 6.65. The van der Waals surface area contributed by atoms with Crippen LogP contribution < -0.4 is 10.2 Å². The molecule has 1 aromatic carbocycles. The van der Waals surface area contributed by atoms with Gasteiger partial charge in [-0.3, -0.25) is 14.1 Å². The summed E-state index contributed by atoms with van der Waals surface area (Å²) in [4.78, 5) is 20.9. The smallest absolute Gasteiger partial charge is 0.256 e. The highest BCUT2D eigenvalue weighted by molar-refractivity contribution is 5.78. The maximum Gasteiger partial charge on any atom is 0.256 e. The van der Waals surface area contributed by atoms with Gasteiger partial charge in [0.2, 0.25) is 5.91 Å². The van der Waals surface area contributed by atoms with Crippen molar-refractivity contribution in [1.82, 2.24) is 29.8 Å². The largest absolute Gasteiger partial charge is 0.355 e. The molecule has 0 unspecified atom stereocenters. The fraction of sp³-hybridized carbons (Fsp3) is 0.368. The van der Waals surface area contributed by atoms with Crippen LogP contribution >= 0.6 is 0 Å². The van der Waals surface area contributed by atoms with Crippen molar-refractivity contribution in [3.8, 4) is 0 Å². The summed E-state index contributed by atoms with van der Waals surface area (Å²) in [5.41, 5.74) is 1.24. The SMILES string of the molecule is O=C(CN1CCN(c2ccnc3nncn23)CC1)NCCc1ccccc1. The van der Waals surface area contributed by atoms with Crippen LogP contribution in [0.3, 0.4) is 0 Å². The van der Waals surface area contributed by atoms with E-state index >= 15 is 0 Å². The Bertz CT molecular complexity index is 887. The molecule has 1 fully saturated rings. The van der Waals surface area contributed by atoms with Crippen molar-refractivity contribution in [2.75, 3.05) is 44.2 Å². The van der Waals surface area contributed by atoms with Gasteiger partial charge in [-0.25, -0.2) is 4.98 Å². The second-order valence-electron chi connectivity index (χ2n) is 6.65. The Morgan fingerprint density at radius 2 is 1.89 bits per heavy atom. The molecule has 1 aliphatic heterocycles. The number of piperazine rings is 1. The van der Waals surface area contributed by atoms with Gasteiger partial charge < -0.3 is 10.2 Å². The number of fused-ring (bicyclic) bond motifs is 1. The molecule has 0 spiro atoms. The van der Waals surface area contributed by atoms with Gasteiger partial charge in [-0.1, -0.05) is 30.3 Å². The zero-order chi connectivity index (χ0) is 18.5. The molecule has 1 saturated heterocycles. The van der Waals surface area contributed by atoms with Crippen molar-refractivity contribution < 1.29 is 4.79 Å². The van der Waals surface area contributed by atoms with E-state index in [0.717, 1.165) is 38.4 Å². The van der Waals surface area contributed by atoms with Gasteiger partial charge in [-0.2, -0.15) is 0 Å². The molecule has 1 N–H and O–H groups in total. The van der Waals surface area contributed by atoms with Crippen LogP contribution in [-0.2, 0) is 11.2 Å². The van der Waals surface area contributed by atoms with Crippen molar-refractivity contribution in [1.29, 1.82) is 0 Å². The molecule has 2 aromatic heterocycles. The fourth-order valence-corrected chi connectivity index (χ4v) is 3.37. The number of rotatable bonds is 6. The molecular weight excluding hydrogens is 342 g/mol. The Labute approximate surface area is 157 Å². The highest BCUT2D eigenvalue weighted by Crippen LogP contribution is 2.16. The average Bonchev–Trinajstić information content (AvgIpc) is 3.18. The second kappa shape index (κ2) is 8.13. The third kappa shape index (κ3) is 4.22. The summed E-state index contributed by atoms with van der Waals surface area (Å²) in [5, 5.41) is 10.9. The summed E-state index contributed by atoms with van der Waals surface area (Å²) < 4.78 is 1.89. The monoisotopic (exact) mass is 365 g/mol. The molecule has 0 atom stereocenters. The number of carbonyl (C=O) groups excluding carboxylic acids is 1. The maximum absolute atomic E-state index is 12.2. The molecule has 1 aliphatic rings. The summed E-state index contributed by atoms with van der Waals surface area (Å²) in [6.07, 6.45) is 4.30. The summed E-state index contributed by atoms with van der Waals surface area (Å²) in [5.74, 6) is 1.73. The quantitative estimate of drug-likeness (QED) is 0.689. The van der Waals surface area contributed by atoms with Crippen molar-refractivity contribution in [3.05, 3.63) is 54.5 Å². The predicted octanol–water partition coefficient (Wildman–Crippen LogP) is 0.605. The van der Waals surface area contributed by atoms with Crippen LogP contribution in [0, 0.1) is 0 Å². The number of nitrogens with one attached hydrogen (secondary N) is 1. The van der Waals surface area contributed by atoms with Crippen LogP contribution in [0.25, 0.3) is 5.78 Å². The van der Waals surface area contributed by atoms with Crippen LogP contribution in [0.5, 0.6) is 0 Å². The summed E-state index contributed by atoms with van der Waals surface area (Å²) in [7, 11) is 0. The van der Waals surface area contributed by atoms with Crippen LogP contribution in [0.4, 0.5) is 5.82 Å². The van der Waals surface area contributed by atoms with E-state index in [9.17, 15) is 4.79 Å². The van der Waals surface area contributed by atoms with E-state index in [0.29, 0.717) is 18.9 Å². The number of hydrogen-bond donors (Lipinski definition) is 1. The molecule has 8 nitrogen and oxygen atoms in total. The molecule has 4 rings (SSSR count). The van der Waals surface area contributed by atoms with E-state index in [-0.39, 0.29) is 5.91 Å². The number of anilines is 1. The van der Waals surface area contributed by atoms with Gasteiger partial charge in [0.05, 0.1) is 6.54 Å². The first-order valence-electron chi connectivity index (χ1n) is 9.22. The van der Waals surface area contributed by atoms with Crippen molar-refractivity contribution in [3.63, 3.8) is 0 Å². The molecule has 27 heavy (non-hydrogen) atoms. The molecule has 0 radical (unpaired) electrons. The Balaban J connectivity index is 1.23. The van der Waals surface area contributed by atoms with Crippen LogP contribution in [0.2, 0.25) is 0 Å². The first-order chi connectivity index (χ1) is 13.3. The van der Waals surface area contributed by atoms with E-state index in [1.54, 1.807) is 12.5 Å². The van der Waals surface area contributed by atoms with Crippen molar-refractivity contribution >= 4 is 17.5 Å². The summed E-state index contributed by atoms with van der Waals surface area (Å²) >= 11 is 0. The maximum atomic E-state index is 12.2. The Hall–Kier alpha value is -3.00. The third-order valence-electron chi connectivity index (χ3n) is 4.83. The molecule has 0 aliphatic carbocycles. The number of hydrogen-bond acceptors (Lipinski definition) is 6. The number of carbonyl (C=O) groups is 1. The van der Waals surface area contributed by atoms with E-state index in [2.05, 4.69) is 42.4 Å². The minimum Gasteiger partial charge on any atom is -0.355 e. The van der Waals surface area contributed by atoms with Crippen LogP contribution in [-0.4, -0.2) is 69.7 Å². The molecule has 3 aromatic rings. The molecule has 1 amide bonds. The summed E-state index contributed by atoms with van der Waals surface area (Å²) in [6, 6.07) is 12.2. The van der Waals surface area contributed by atoms with Crippen molar-refractivity contribution in [2.24, 2.45) is 0 Å². The first kappa shape index (κ1) is 17.4. The normalized spacial score (nSPS) is 15.2. The lowest BCUT2D eigenvalue weighted by Gasteiger charge is -2.35. The third-order valence-corrected chi connectivity index (χ3v) is 4.83. The number of nitrogens with zero attached hydrogens (tertiary/aromatic N) is 6. The van der Waals surface area contributed by atoms with E-state index in [1.807, 2.05) is 28.7 Å². The molecule has 140 valence electrons. The predicted molar refractivity (Wildman–Crippen MR) is 103 cm³/mol. The molecule has 0 bridgehead atoms.